The van der Waals surface area contributed by atoms with E-state index in [2.05, 4.69) is 9.97 Å². The highest BCUT2D eigenvalue weighted by atomic mass is 32.2. The maximum atomic E-state index is 12.2. The summed E-state index contributed by atoms with van der Waals surface area (Å²) in [7, 11) is -1.89. The number of nitrogens with zero attached hydrogens (tertiary/aromatic N) is 2. The Labute approximate surface area is 124 Å². The van der Waals surface area contributed by atoms with Gasteiger partial charge in [0, 0.05) is 6.20 Å². The molecule has 0 saturated heterocycles. The highest BCUT2D eigenvalue weighted by Crippen LogP contribution is 2.28. The van der Waals surface area contributed by atoms with Gasteiger partial charge in [0.05, 0.1) is 18.1 Å². The normalized spacial score (nSPS) is 16.3. The van der Waals surface area contributed by atoms with Gasteiger partial charge in [0.15, 0.2) is 9.84 Å². The zero-order valence-corrected chi connectivity index (χ0v) is 13.3. The predicted molar refractivity (Wildman–Crippen MR) is 77.3 cm³/mol. The van der Waals surface area contributed by atoms with Crippen LogP contribution >= 0.6 is 0 Å². The SMILES string of the molecule is COC(=O)C(C)(C)c1ccnc(CS(=O)(=O)C2CCC2)n1. The molecule has 0 bridgehead atoms. The van der Waals surface area contributed by atoms with Gasteiger partial charge in [0.1, 0.15) is 17.0 Å². The van der Waals surface area contributed by atoms with E-state index < -0.39 is 21.2 Å². The van der Waals surface area contributed by atoms with Crippen LogP contribution in [0.4, 0.5) is 0 Å². The summed E-state index contributed by atoms with van der Waals surface area (Å²) < 4.78 is 29.1. The lowest BCUT2D eigenvalue weighted by Gasteiger charge is -2.25. The summed E-state index contributed by atoms with van der Waals surface area (Å²) in [6.07, 6.45) is 3.88. The minimum atomic E-state index is -3.21. The standard InChI is InChI=1S/C14H20N2O4S/c1-14(2,13(17)20-3)11-7-8-15-12(16-11)9-21(18,19)10-5-4-6-10/h7-8,10H,4-6,9H2,1-3H3. The van der Waals surface area contributed by atoms with Gasteiger partial charge in [-0.3, -0.25) is 4.79 Å². The van der Waals surface area contributed by atoms with Crippen LogP contribution in [0.5, 0.6) is 0 Å². The van der Waals surface area contributed by atoms with Crippen LogP contribution in [-0.4, -0.2) is 36.7 Å². The van der Waals surface area contributed by atoms with Gasteiger partial charge >= 0.3 is 5.97 Å². The van der Waals surface area contributed by atoms with E-state index in [1.54, 1.807) is 19.9 Å². The van der Waals surface area contributed by atoms with E-state index in [4.69, 9.17) is 4.74 Å². The van der Waals surface area contributed by atoms with Crippen LogP contribution < -0.4 is 0 Å². The number of rotatable bonds is 5. The van der Waals surface area contributed by atoms with Crippen molar-refractivity contribution < 1.29 is 17.9 Å². The summed E-state index contributed by atoms with van der Waals surface area (Å²) in [6, 6.07) is 1.61. The Morgan fingerprint density at radius 3 is 2.62 bits per heavy atom. The first-order valence-corrected chi connectivity index (χ1v) is 8.61. The number of sulfone groups is 1. The molecule has 1 heterocycles. The third-order valence-electron chi connectivity index (χ3n) is 3.93. The Kier molecular flexibility index (Phi) is 4.32. The number of ether oxygens (including phenoxy) is 1. The number of carbonyl (C=O) groups is 1. The fraction of sp³-hybridized carbons (Fsp3) is 0.643. The molecule has 0 aromatic carbocycles. The van der Waals surface area contributed by atoms with Gasteiger partial charge in [-0.05, 0) is 32.8 Å². The van der Waals surface area contributed by atoms with Crippen molar-refractivity contribution in [2.45, 2.75) is 49.5 Å². The molecule has 2 rings (SSSR count). The molecule has 21 heavy (non-hydrogen) atoms. The van der Waals surface area contributed by atoms with Gasteiger partial charge < -0.3 is 4.74 Å². The molecule has 1 aliphatic rings. The lowest BCUT2D eigenvalue weighted by Crippen LogP contribution is -2.33. The van der Waals surface area contributed by atoms with Gasteiger partial charge in [-0.25, -0.2) is 18.4 Å². The zero-order chi connectivity index (χ0) is 15.7. The first-order chi connectivity index (χ1) is 9.77. The fourth-order valence-corrected chi connectivity index (χ4v) is 3.99. The second-order valence-electron chi connectivity index (χ2n) is 5.83. The van der Waals surface area contributed by atoms with Crippen LogP contribution in [0.1, 0.15) is 44.6 Å². The van der Waals surface area contributed by atoms with Crippen LogP contribution in [0.15, 0.2) is 12.3 Å². The number of esters is 1. The average Bonchev–Trinajstić information content (AvgIpc) is 2.34. The van der Waals surface area contributed by atoms with Crippen molar-refractivity contribution >= 4 is 15.8 Å². The molecule has 1 aromatic heterocycles. The second kappa shape index (κ2) is 5.71. The van der Waals surface area contributed by atoms with Crippen LogP contribution in [0, 0.1) is 0 Å². The molecule has 7 heteroatoms. The van der Waals surface area contributed by atoms with Crippen LogP contribution in [0.3, 0.4) is 0 Å². The average molecular weight is 312 g/mol. The van der Waals surface area contributed by atoms with Gasteiger partial charge in [0.25, 0.3) is 0 Å². The number of hydrogen-bond donors (Lipinski definition) is 0. The van der Waals surface area contributed by atoms with Crippen LogP contribution in [0.25, 0.3) is 0 Å². The summed E-state index contributed by atoms with van der Waals surface area (Å²) in [4.78, 5) is 20.1. The Morgan fingerprint density at radius 1 is 1.43 bits per heavy atom. The van der Waals surface area contributed by atoms with Crippen molar-refractivity contribution in [1.29, 1.82) is 0 Å². The van der Waals surface area contributed by atoms with Crippen molar-refractivity contribution in [3.05, 3.63) is 23.8 Å². The van der Waals surface area contributed by atoms with E-state index in [1.165, 1.54) is 13.3 Å². The molecule has 0 unspecified atom stereocenters. The number of methoxy groups -OCH3 is 1. The van der Waals surface area contributed by atoms with E-state index in [1.807, 2.05) is 0 Å². The summed E-state index contributed by atoms with van der Waals surface area (Å²) in [6.45, 7) is 3.37. The Bertz CT molecular complexity index is 636. The lowest BCUT2D eigenvalue weighted by atomic mass is 9.89. The van der Waals surface area contributed by atoms with E-state index >= 15 is 0 Å². The molecule has 0 radical (unpaired) electrons. The number of aromatic nitrogens is 2. The van der Waals surface area contributed by atoms with Crippen LogP contribution in [-0.2, 0) is 30.5 Å². The third kappa shape index (κ3) is 3.23. The molecule has 0 spiro atoms. The molecule has 1 aromatic rings. The monoisotopic (exact) mass is 312 g/mol. The van der Waals surface area contributed by atoms with Crippen molar-refractivity contribution in [3.8, 4) is 0 Å². The summed E-state index contributed by atoms with van der Waals surface area (Å²) in [5.74, 6) is -0.367. The minimum absolute atomic E-state index is 0.178. The fourth-order valence-electron chi connectivity index (χ4n) is 2.20. The number of carbonyl (C=O) groups excluding carboxylic acids is 1. The highest BCUT2D eigenvalue weighted by Gasteiger charge is 2.34. The van der Waals surface area contributed by atoms with E-state index in [0.29, 0.717) is 5.69 Å². The largest absolute Gasteiger partial charge is 0.468 e. The smallest absolute Gasteiger partial charge is 0.317 e. The first kappa shape index (κ1) is 15.9. The molecular formula is C14H20N2O4S. The Hall–Kier alpha value is -1.50. The summed E-state index contributed by atoms with van der Waals surface area (Å²) >= 11 is 0. The zero-order valence-electron chi connectivity index (χ0n) is 12.5. The third-order valence-corrected chi connectivity index (χ3v) is 6.08. The molecule has 1 saturated carbocycles. The minimum Gasteiger partial charge on any atom is -0.468 e. The topological polar surface area (TPSA) is 86.2 Å². The molecule has 116 valence electrons. The van der Waals surface area contributed by atoms with Crippen molar-refractivity contribution in [1.82, 2.24) is 9.97 Å². The molecule has 1 aliphatic carbocycles. The number of hydrogen-bond acceptors (Lipinski definition) is 6. The molecule has 0 aliphatic heterocycles. The van der Waals surface area contributed by atoms with Crippen molar-refractivity contribution in [2.75, 3.05) is 7.11 Å². The molecule has 0 atom stereocenters. The first-order valence-electron chi connectivity index (χ1n) is 6.90. The van der Waals surface area contributed by atoms with Crippen LogP contribution in [0.2, 0.25) is 0 Å². The highest BCUT2D eigenvalue weighted by molar-refractivity contribution is 7.91. The van der Waals surface area contributed by atoms with E-state index in [9.17, 15) is 13.2 Å². The summed E-state index contributed by atoms with van der Waals surface area (Å²) in [5, 5.41) is -0.265. The predicted octanol–water partition coefficient (Wildman–Crippen LogP) is 1.39. The molecule has 1 fully saturated rings. The Balaban J connectivity index is 2.24. The molecule has 0 amide bonds. The van der Waals surface area contributed by atoms with Crippen molar-refractivity contribution in [2.24, 2.45) is 0 Å². The van der Waals surface area contributed by atoms with Gasteiger partial charge in [0.2, 0.25) is 0 Å². The maximum Gasteiger partial charge on any atom is 0.317 e. The van der Waals surface area contributed by atoms with E-state index in [-0.39, 0.29) is 16.8 Å². The molecular weight excluding hydrogens is 292 g/mol. The maximum absolute atomic E-state index is 12.2. The quantitative estimate of drug-likeness (QED) is 0.764. The second-order valence-corrected chi connectivity index (χ2v) is 8.12. The van der Waals surface area contributed by atoms with Gasteiger partial charge in [-0.1, -0.05) is 6.42 Å². The Morgan fingerprint density at radius 2 is 2.10 bits per heavy atom. The molecule has 6 nitrogen and oxygen atoms in total. The van der Waals surface area contributed by atoms with Crippen molar-refractivity contribution in [3.63, 3.8) is 0 Å². The van der Waals surface area contributed by atoms with Gasteiger partial charge in [-0.2, -0.15) is 0 Å². The molecule has 0 N–H and O–H groups in total. The van der Waals surface area contributed by atoms with Gasteiger partial charge in [-0.15, -0.1) is 0 Å². The van der Waals surface area contributed by atoms with E-state index in [0.717, 1.165) is 19.3 Å². The lowest BCUT2D eigenvalue weighted by molar-refractivity contribution is -0.146. The summed E-state index contributed by atoms with van der Waals surface area (Å²) in [5.41, 5.74) is -0.477.